The molecule has 0 aromatic heterocycles. The summed E-state index contributed by atoms with van der Waals surface area (Å²) in [7, 11) is 3.03. The second-order valence-corrected chi connectivity index (χ2v) is 5.90. The minimum Gasteiger partial charge on any atom is -0.495 e. The first-order valence-electron chi connectivity index (χ1n) is 5.99. The topological polar surface area (TPSA) is 18.5 Å². The fraction of sp³-hybridized carbons (Fsp3) is 0.200. The van der Waals surface area contributed by atoms with E-state index in [1.54, 1.807) is 18.2 Å². The Labute approximate surface area is 140 Å². The quantitative estimate of drug-likeness (QED) is 0.630. The second kappa shape index (κ2) is 6.86. The fourth-order valence-electron chi connectivity index (χ4n) is 1.99. The number of rotatable bonds is 4. The zero-order chi connectivity index (χ0) is 15.6. The molecule has 0 amide bonds. The molecule has 0 aliphatic heterocycles. The Hall–Kier alpha value is -0.970. The molecule has 0 saturated carbocycles. The van der Waals surface area contributed by atoms with Crippen LogP contribution in [0, 0.1) is 5.82 Å². The molecule has 2 aromatic carbocycles. The van der Waals surface area contributed by atoms with Crippen LogP contribution in [0.2, 0.25) is 5.02 Å². The van der Waals surface area contributed by atoms with Crippen molar-refractivity contribution in [1.29, 1.82) is 0 Å². The number of alkyl halides is 1. The molecule has 6 heteroatoms. The van der Waals surface area contributed by atoms with Gasteiger partial charge >= 0.3 is 0 Å². The first-order chi connectivity index (χ1) is 9.99. The predicted octanol–water partition coefficient (Wildman–Crippen LogP) is 5.59. The van der Waals surface area contributed by atoms with E-state index in [1.807, 2.05) is 0 Å². The summed E-state index contributed by atoms with van der Waals surface area (Å²) in [5.41, 5.74) is 1.40. The third-order valence-electron chi connectivity index (χ3n) is 3.02. The average molecular weight is 394 g/mol. The van der Waals surface area contributed by atoms with Gasteiger partial charge in [0.25, 0.3) is 0 Å². The van der Waals surface area contributed by atoms with E-state index in [0.717, 1.165) is 5.56 Å². The zero-order valence-electron chi connectivity index (χ0n) is 11.3. The third-order valence-corrected chi connectivity index (χ3v) is 4.54. The van der Waals surface area contributed by atoms with Gasteiger partial charge in [0.1, 0.15) is 22.3 Å². The van der Waals surface area contributed by atoms with Crippen molar-refractivity contribution >= 4 is 39.1 Å². The third kappa shape index (κ3) is 3.28. The van der Waals surface area contributed by atoms with Crippen molar-refractivity contribution in [3.8, 4) is 11.5 Å². The molecule has 0 aliphatic carbocycles. The molecule has 1 atom stereocenters. The minimum atomic E-state index is -0.543. The van der Waals surface area contributed by atoms with Crippen molar-refractivity contribution in [2.45, 2.75) is 5.38 Å². The summed E-state index contributed by atoms with van der Waals surface area (Å²) in [6.07, 6.45) is 0. The lowest BCUT2D eigenvalue weighted by Gasteiger charge is -2.18. The molecule has 2 aromatic rings. The molecule has 0 N–H and O–H groups in total. The lowest BCUT2D eigenvalue weighted by Crippen LogP contribution is -2.00. The maximum atomic E-state index is 13.2. The first-order valence-corrected chi connectivity index (χ1v) is 7.59. The van der Waals surface area contributed by atoms with Crippen molar-refractivity contribution < 1.29 is 13.9 Å². The highest BCUT2D eigenvalue weighted by molar-refractivity contribution is 9.10. The predicted molar refractivity (Wildman–Crippen MR) is 86.4 cm³/mol. The Balaban J connectivity index is 2.52. The van der Waals surface area contributed by atoms with Gasteiger partial charge in [0, 0.05) is 10.0 Å². The number of hydrogen-bond donors (Lipinski definition) is 0. The van der Waals surface area contributed by atoms with Gasteiger partial charge in [0.05, 0.1) is 19.6 Å². The van der Waals surface area contributed by atoms with E-state index in [9.17, 15) is 4.39 Å². The van der Waals surface area contributed by atoms with Crippen molar-refractivity contribution in [2.75, 3.05) is 14.2 Å². The van der Waals surface area contributed by atoms with Gasteiger partial charge in [-0.1, -0.05) is 33.6 Å². The van der Waals surface area contributed by atoms with E-state index >= 15 is 0 Å². The van der Waals surface area contributed by atoms with E-state index in [0.29, 0.717) is 26.6 Å². The highest BCUT2D eigenvalue weighted by Crippen LogP contribution is 2.44. The van der Waals surface area contributed by atoms with Crippen molar-refractivity contribution in [3.63, 3.8) is 0 Å². The SMILES string of the molecule is COc1ccc(C(Cl)c2ccc(F)cc2Br)c(OC)c1Cl. The van der Waals surface area contributed by atoms with Crippen LogP contribution >= 0.6 is 39.1 Å². The molecule has 2 rings (SSSR count). The molecular weight excluding hydrogens is 382 g/mol. The molecule has 0 saturated heterocycles. The second-order valence-electron chi connectivity index (χ2n) is 4.23. The van der Waals surface area contributed by atoms with Crippen LogP contribution in [-0.4, -0.2) is 14.2 Å². The molecule has 1 unspecified atom stereocenters. The molecule has 0 fully saturated rings. The van der Waals surface area contributed by atoms with E-state index in [-0.39, 0.29) is 5.82 Å². The maximum Gasteiger partial charge on any atom is 0.146 e. The Bertz CT molecular complexity index is 664. The standard InChI is InChI=1S/C15H12BrCl2FO2/c1-20-12-6-5-10(15(21-2)14(12)18)13(17)9-4-3-8(19)7-11(9)16/h3-7,13H,1-2H3. The zero-order valence-corrected chi connectivity index (χ0v) is 14.4. The van der Waals surface area contributed by atoms with E-state index in [4.69, 9.17) is 32.7 Å². The number of hydrogen-bond acceptors (Lipinski definition) is 2. The van der Waals surface area contributed by atoms with Crippen molar-refractivity contribution in [1.82, 2.24) is 0 Å². The molecule has 0 aliphatic rings. The largest absolute Gasteiger partial charge is 0.495 e. The summed E-state index contributed by atoms with van der Waals surface area (Å²) in [6.45, 7) is 0. The molecule has 21 heavy (non-hydrogen) atoms. The van der Waals surface area contributed by atoms with Gasteiger partial charge in [-0.3, -0.25) is 0 Å². The van der Waals surface area contributed by atoms with Crippen LogP contribution in [0.4, 0.5) is 4.39 Å². The summed E-state index contributed by atoms with van der Waals surface area (Å²) < 4.78 is 24.3. The molecule has 112 valence electrons. The van der Waals surface area contributed by atoms with Crippen LogP contribution in [0.25, 0.3) is 0 Å². The summed E-state index contributed by atoms with van der Waals surface area (Å²) in [5.74, 6) is 0.598. The smallest absolute Gasteiger partial charge is 0.146 e. The maximum absolute atomic E-state index is 13.2. The fourth-order valence-corrected chi connectivity index (χ4v) is 3.39. The monoisotopic (exact) mass is 392 g/mol. The van der Waals surface area contributed by atoms with Gasteiger partial charge in [-0.15, -0.1) is 11.6 Å². The lowest BCUT2D eigenvalue weighted by molar-refractivity contribution is 0.392. The number of benzene rings is 2. The average Bonchev–Trinajstić information content (AvgIpc) is 2.46. The van der Waals surface area contributed by atoms with Crippen LogP contribution in [0.5, 0.6) is 11.5 Å². The summed E-state index contributed by atoms with van der Waals surface area (Å²) in [5, 5.41) is -0.195. The number of halogens is 4. The van der Waals surface area contributed by atoms with Gasteiger partial charge in [-0.25, -0.2) is 4.39 Å². The molecule has 0 spiro atoms. The molecule has 0 heterocycles. The molecule has 2 nitrogen and oxygen atoms in total. The lowest BCUT2D eigenvalue weighted by atomic mass is 10.0. The van der Waals surface area contributed by atoms with Crippen LogP contribution in [0.1, 0.15) is 16.5 Å². The highest BCUT2D eigenvalue weighted by atomic mass is 79.9. The number of methoxy groups -OCH3 is 2. The summed E-state index contributed by atoms with van der Waals surface area (Å²) in [4.78, 5) is 0. The van der Waals surface area contributed by atoms with Gasteiger partial charge in [0.15, 0.2) is 0 Å². The minimum absolute atomic E-state index is 0.339. The Kier molecular flexibility index (Phi) is 5.36. The molecular formula is C15H12BrCl2FO2. The van der Waals surface area contributed by atoms with Crippen molar-refractivity contribution in [2.24, 2.45) is 0 Å². The molecule has 0 radical (unpaired) electrons. The van der Waals surface area contributed by atoms with Gasteiger partial charge in [-0.2, -0.15) is 0 Å². The van der Waals surface area contributed by atoms with Gasteiger partial charge in [-0.05, 0) is 29.8 Å². The van der Waals surface area contributed by atoms with Gasteiger partial charge < -0.3 is 9.47 Å². The van der Waals surface area contributed by atoms with Crippen LogP contribution in [0.3, 0.4) is 0 Å². The normalized spacial score (nSPS) is 12.1. The van der Waals surface area contributed by atoms with E-state index < -0.39 is 5.38 Å². The van der Waals surface area contributed by atoms with Crippen LogP contribution in [-0.2, 0) is 0 Å². The first kappa shape index (κ1) is 16.4. The Morgan fingerprint density at radius 3 is 2.33 bits per heavy atom. The van der Waals surface area contributed by atoms with Crippen molar-refractivity contribution in [3.05, 3.63) is 56.8 Å². The summed E-state index contributed by atoms with van der Waals surface area (Å²) in [6, 6.07) is 7.83. The Morgan fingerprint density at radius 2 is 1.76 bits per heavy atom. The van der Waals surface area contributed by atoms with E-state index in [2.05, 4.69) is 15.9 Å². The number of ether oxygens (including phenoxy) is 2. The molecule has 0 bridgehead atoms. The van der Waals surface area contributed by atoms with Crippen LogP contribution in [0.15, 0.2) is 34.8 Å². The Morgan fingerprint density at radius 1 is 1.10 bits per heavy atom. The highest BCUT2D eigenvalue weighted by Gasteiger charge is 2.22. The van der Waals surface area contributed by atoms with Crippen LogP contribution < -0.4 is 9.47 Å². The summed E-state index contributed by atoms with van der Waals surface area (Å²) >= 11 is 16.1. The van der Waals surface area contributed by atoms with E-state index in [1.165, 1.54) is 26.4 Å². The van der Waals surface area contributed by atoms with Gasteiger partial charge in [0.2, 0.25) is 0 Å².